The van der Waals surface area contributed by atoms with Crippen LogP contribution in [0.25, 0.3) is 0 Å². The average Bonchev–Trinajstić information content (AvgIpc) is 2.59. The van der Waals surface area contributed by atoms with E-state index in [1.165, 1.54) is 0 Å². The van der Waals surface area contributed by atoms with Crippen molar-refractivity contribution in [3.63, 3.8) is 0 Å². The summed E-state index contributed by atoms with van der Waals surface area (Å²) in [6.45, 7) is 4.52. The number of aryl methyl sites for hydroxylation is 1. The Labute approximate surface area is 148 Å². The van der Waals surface area contributed by atoms with Crippen LogP contribution in [0.4, 0.5) is 11.4 Å². The van der Waals surface area contributed by atoms with Gasteiger partial charge in [0.25, 0.3) is 10.0 Å². The molecule has 1 amide bonds. The highest BCUT2D eigenvalue weighted by atomic mass is 32.2. The molecule has 0 spiro atoms. The molecule has 0 atom stereocenters. The lowest BCUT2D eigenvalue weighted by molar-refractivity contribution is -0.119. The molecule has 1 N–H and O–H groups in total. The van der Waals surface area contributed by atoms with Crippen LogP contribution >= 0.6 is 0 Å². The summed E-state index contributed by atoms with van der Waals surface area (Å²) < 4.78 is 27.9. The number of rotatable bonds is 4. The summed E-state index contributed by atoms with van der Waals surface area (Å²) in [5.41, 5.74) is 3.26. The van der Waals surface area contributed by atoms with Crippen molar-refractivity contribution in [1.82, 2.24) is 0 Å². The molecule has 5 nitrogen and oxygen atoms in total. The normalized spacial score (nSPS) is 15.3. The van der Waals surface area contributed by atoms with Crippen molar-refractivity contribution in [3.8, 4) is 0 Å². The zero-order valence-electron chi connectivity index (χ0n) is 14.5. The average molecular weight is 358 g/mol. The van der Waals surface area contributed by atoms with Crippen LogP contribution in [-0.2, 0) is 14.8 Å². The first-order chi connectivity index (χ1) is 11.9. The molecule has 2 aromatic carbocycles. The number of nitrogens with one attached hydrogen (secondary N) is 1. The first-order valence-electron chi connectivity index (χ1n) is 8.38. The number of benzene rings is 2. The van der Waals surface area contributed by atoms with Crippen LogP contribution in [-0.4, -0.2) is 20.9 Å². The molecule has 0 aromatic heterocycles. The molecule has 6 heteroatoms. The Hall–Kier alpha value is -2.34. The molecule has 1 fully saturated rings. The first kappa shape index (κ1) is 17.5. The molecule has 1 aliphatic rings. The van der Waals surface area contributed by atoms with Crippen molar-refractivity contribution in [3.05, 3.63) is 53.6 Å². The number of amides is 1. The van der Waals surface area contributed by atoms with Crippen LogP contribution in [0, 0.1) is 13.8 Å². The standard InChI is InChI=1S/C19H22N2O3S/c1-14-6-5-7-18(15(14)2)20-25(23,24)17-11-9-16(10-12-17)21-13-4-3-8-19(21)22/h5-7,9-12,20H,3-4,8,13H2,1-2H3. The van der Waals surface area contributed by atoms with E-state index in [1.54, 1.807) is 35.2 Å². The molecule has 25 heavy (non-hydrogen) atoms. The van der Waals surface area contributed by atoms with Gasteiger partial charge in [-0.05, 0) is 68.1 Å². The number of sulfonamides is 1. The predicted octanol–water partition coefficient (Wildman–Crippen LogP) is 3.62. The third kappa shape index (κ3) is 3.69. The Morgan fingerprint density at radius 3 is 2.40 bits per heavy atom. The topological polar surface area (TPSA) is 66.5 Å². The van der Waals surface area contributed by atoms with Gasteiger partial charge in [0.15, 0.2) is 0 Å². The van der Waals surface area contributed by atoms with Crippen LogP contribution in [0.15, 0.2) is 47.4 Å². The fourth-order valence-corrected chi connectivity index (χ4v) is 4.07. The Morgan fingerprint density at radius 1 is 1.00 bits per heavy atom. The first-order valence-corrected chi connectivity index (χ1v) is 9.86. The molecule has 1 saturated heterocycles. The molecule has 132 valence electrons. The maximum Gasteiger partial charge on any atom is 0.261 e. The van der Waals surface area contributed by atoms with Gasteiger partial charge < -0.3 is 4.90 Å². The maximum atomic E-state index is 12.6. The SMILES string of the molecule is Cc1cccc(NS(=O)(=O)c2ccc(N3CCCCC3=O)cc2)c1C. The number of carbonyl (C=O) groups excluding carboxylic acids is 1. The number of anilines is 2. The Balaban J connectivity index is 1.83. The molecular weight excluding hydrogens is 336 g/mol. The van der Waals surface area contributed by atoms with Gasteiger partial charge in [0.2, 0.25) is 5.91 Å². The monoisotopic (exact) mass is 358 g/mol. The lowest BCUT2D eigenvalue weighted by Crippen LogP contribution is -2.35. The van der Waals surface area contributed by atoms with Gasteiger partial charge in [-0.1, -0.05) is 12.1 Å². The Bertz CT molecular complexity index is 889. The zero-order valence-corrected chi connectivity index (χ0v) is 15.3. The van der Waals surface area contributed by atoms with Crippen molar-refractivity contribution < 1.29 is 13.2 Å². The lowest BCUT2D eigenvalue weighted by atomic mass is 10.1. The second-order valence-corrected chi connectivity index (χ2v) is 8.03. The number of hydrogen-bond acceptors (Lipinski definition) is 3. The molecule has 0 unspecified atom stereocenters. The summed E-state index contributed by atoms with van der Waals surface area (Å²) in [6.07, 6.45) is 2.44. The highest BCUT2D eigenvalue weighted by molar-refractivity contribution is 7.92. The summed E-state index contributed by atoms with van der Waals surface area (Å²) in [5.74, 6) is 0.0929. The lowest BCUT2D eigenvalue weighted by Gasteiger charge is -2.26. The molecule has 1 aliphatic heterocycles. The number of nitrogens with zero attached hydrogens (tertiary/aromatic N) is 1. The largest absolute Gasteiger partial charge is 0.312 e. The quantitative estimate of drug-likeness (QED) is 0.908. The van der Waals surface area contributed by atoms with Gasteiger partial charge in [0, 0.05) is 18.7 Å². The molecule has 0 aliphatic carbocycles. The van der Waals surface area contributed by atoms with E-state index in [1.807, 2.05) is 26.0 Å². The van der Waals surface area contributed by atoms with Gasteiger partial charge in [0.05, 0.1) is 10.6 Å². The van der Waals surface area contributed by atoms with Gasteiger partial charge in [-0.25, -0.2) is 8.42 Å². The molecule has 0 radical (unpaired) electrons. The smallest absolute Gasteiger partial charge is 0.261 e. The van der Waals surface area contributed by atoms with E-state index in [4.69, 9.17) is 0 Å². The molecule has 2 aromatic rings. The van der Waals surface area contributed by atoms with E-state index in [9.17, 15) is 13.2 Å². The Morgan fingerprint density at radius 2 is 1.72 bits per heavy atom. The van der Waals surface area contributed by atoms with Gasteiger partial charge >= 0.3 is 0 Å². The van der Waals surface area contributed by atoms with Crippen LogP contribution in [0.2, 0.25) is 0 Å². The van der Waals surface area contributed by atoms with Crippen LogP contribution in [0.5, 0.6) is 0 Å². The summed E-state index contributed by atoms with van der Waals surface area (Å²) >= 11 is 0. The van der Waals surface area contributed by atoms with E-state index < -0.39 is 10.0 Å². The summed E-state index contributed by atoms with van der Waals surface area (Å²) in [7, 11) is -3.67. The van der Waals surface area contributed by atoms with Gasteiger partial charge in [-0.15, -0.1) is 0 Å². The second-order valence-electron chi connectivity index (χ2n) is 6.35. The van der Waals surface area contributed by atoms with E-state index in [-0.39, 0.29) is 10.8 Å². The minimum absolute atomic E-state index is 0.0929. The van der Waals surface area contributed by atoms with Gasteiger partial charge in [0.1, 0.15) is 0 Å². The third-order valence-corrected chi connectivity index (χ3v) is 6.01. The van der Waals surface area contributed by atoms with Gasteiger partial charge in [-0.3, -0.25) is 9.52 Å². The number of hydrogen-bond donors (Lipinski definition) is 1. The minimum Gasteiger partial charge on any atom is -0.312 e. The zero-order chi connectivity index (χ0) is 18.0. The van der Waals surface area contributed by atoms with Crippen LogP contribution < -0.4 is 9.62 Å². The highest BCUT2D eigenvalue weighted by Crippen LogP contribution is 2.25. The Kier molecular flexibility index (Phi) is 4.81. The number of piperidine rings is 1. The predicted molar refractivity (Wildman–Crippen MR) is 99.4 cm³/mol. The van der Waals surface area contributed by atoms with Crippen LogP contribution in [0.3, 0.4) is 0 Å². The molecular formula is C19H22N2O3S. The molecule has 0 saturated carbocycles. The van der Waals surface area contributed by atoms with E-state index in [0.717, 1.165) is 29.7 Å². The summed E-state index contributed by atoms with van der Waals surface area (Å²) in [5, 5.41) is 0. The van der Waals surface area contributed by atoms with E-state index in [0.29, 0.717) is 18.7 Å². The van der Waals surface area contributed by atoms with Crippen molar-refractivity contribution in [2.45, 2.75) is 38.0 Å². The van der Waals surface area contributed by atoms with Crippen molar-refractivity contribution in [2.24, 2.45) is 0 Å². The summed E-state index contributed by atoms with van der Waals surface area (Å²) in [6, 6.07) is 12.0. The minimum atomic E-state index is -3.67. The fraction of sp³-hybridized carbons (Fsp3) is 0.316. The maximum absolute atomic E-state index is 12.6. The number of carbonyl (C=O) groups is 1. The third-order valence-electron chi connectivity index (χ3n) is 4.63. The van der Waals surface area contributed by atoms with Crippen LogP contribution in [0.1, 0.15) is 30.4 Å². The summed E-state index contributed by atoms with van der Waals surface area (Å²) in [4.78, 5) is 13.9. The van der Waals surface area contributed by atoms with Crippen molar-refractivity contribution in [1.29, 1.82) is 0 Å². The molecule has 1 heterocycles. The fourth-order valence-electron chi connectivity index (χ4n) is 2.95. The van der Waals surface area contributed by atoms with Gasteiger partial charge in [-0.2, -0.15) is 0 Å². The molecule has 3 rings (SSSR count). The van der Waals surface area contributed by atoms with E-state index in [2.05, 4.69) is 4.72 Å². The van der Waals surface area contributed by atoms with Crippen molar-refractivity contribution >= 4 is 27.3 Å². The van der Waals surface area contributed by atoms with Crippen molar-refractivity contribution in [2.75, 3.05) is 16.2 Å². The van der Waals surface area contributed by atoms with E-state index >= 15 is 0 Å². The highest BCUT2D eigenvalue weighted by Gasteiger charge is 2.21. The second kappa shape index (κ2) is 6.88. The molecule has 0 bridgehead atoms.